The fourth-order valence-corrected chi connectivity index (χ4v) is 2.90. The summed E-state index contributed by atoms with van der Waals surface area (Å²) >= 11 is 7.00. The molecule has 0 aliphatic rings. The van der Waals surface area contributed by atoms with Crippen LogP contribution in [0.15, 0.2) is 36.5 Å². The van der Waals surface area contributed by atoms with E-state index >= 15 is 0 Å². The maximum Gasteiger partial charge on any atom is 0.416 e. The summed E-state index contributed by atoms with van der Waals surface area (Å²) in [7, 11) is 3.54. The second kappa shape index (κ2) is 6.72. The first kappa shape index (κ1) is 17.5. The number of halogens is 4. The first-order chi connectivity index (χ1) is 10.7. The van der Waals surface area contributed by atoms with Gasteiger partial charge in [0.05, 0.1) is 5.56 Å². The molecule has 1 aromatic carbocycles. The van der Waals surface area contributed by atoms with E-state index in [1.165, 1.54) is 18.2 Å². The Balaban J connectivity index is 2.29. The minimum Gasteiger partial charge on any atom is -0.383 e. The molecule has 0 spiro atoms. The Morgan fingerprint density at radius 3 is 2.39 bits per heavy atom. The van der Waals surface area contributed by atoms with E-state index in [0.717, 1.165) is 23.5 Å². The van der Waals surface area contributed by atoms with Crippen LogP contribution in [-0.4, -0.2) is 29.8 Å². The number of carbonyl (C=O) groups excluding carboxylic acids is 1. The molecule has 0 N–H and O–H groups in total. The van der Waals surface area contributed by atoms with Crippen LogP contribution >= 0.6 is 22.9 Å². The van der Waals surface area contributed by atoms with Crippen molar-refractivity contribution in [1.29, 1.82) is 0 Å². The minimum atomic E-state index is -4.39. The van der Waals surface area contributed by atoms with Gasteiger partial charge in [-0.25, -0.2) is 4.98 Å². The highest BCUT2D eigenvalue weighted by Gasteiger charge is 2.30. The summed E-state index contributed by atoms with van der Waals surface area (Å²) in [6, 6.07) is 4.56. The predicted octanol–water partition coefficient (Wildman–Crippen LogP) is 4.74. The summed E-state index contributed by atoms with van der Waals surface area (Å²) in [5.74, 6) is -0.306. The van der Waals surface area contributed by atoms with E-state index in [2.05, 4.69) is 4.98 Å². The number of rotatable bonds is 4. The zero-order valence-corrected chi connectivity index (χ0v) is 13.8. The third-order valence-electron chi connectivity index (χ3n) is 2.79. The summed E-state index contributed by atoms with van der Waals surface area (Å²) < 4.78 is 37.7. The second-order valence-electron chi connectivity index (χ2n) is 4.86. The molecule has 0 atom stereocenters. The van der Waals surface area contributed by atoms with E-state index in [1.54, 1.807) is 25.2 Å². The van der Waals surface area contributed by atoms with E-state index in [0.29, 0.717) is 10.6 Å². The average molecular weight is 361 g/mol. The highest BCUT2D eigenvalue weighted by Crippen LogP contribution is 2.34. The lowest BCUT2D eigenvalue weighted by molar-refractivity contribution is -0.137. The monoisotopic (exact) mass is 360 g/mol. The van der Waals surface area contributed by atoms with Gasteiger partial charge in [-0.05, 0) is 12.1 Å². The highest BCUT2D eigenvalue weighted by atomic mass is 35.5. The topological polar surface area (TPSA) is 33.2 Å². The first-order valence-electron chi connectivity index (χ1n) is 6.41. The molecule has 0 aliphatic carbocycles. The summed E-state index contributed by atoms with van der Waals surface area (Å²) in [4.78, 5) is 18.0. The van der Waals surface area contributed by atoms with Gasteiger partial charge < -0.3 is 4.90 Å². The van der Waals surface area contributed by atoms with Gasteiger partial charge in [-0.1, -0.05) is 23.7 Å². The van der Waals surface area contributed by atoms with Crippen LogP contribution in [-0.2, 0) is 6.18 Å². The molecule has 23 heavy (non-hydrogen) atoms. The van der Waals surface area contributed by atoms with Crippen molar-refractivity contribution in [3.8, 4) is 10.6 Å². The van der Waals surface area contributed by atoms with Crippen LogP contribution in [0, 0.1) is 0 Å². The smallest absolute Gasteiger partial charge is 0.383 e. The zero-order chi connectivity index (χ0) is 17.2. The Morgan fingerprint density at radius 2 is 1.87 bits per heavy atom. The summed E-state index contributed by atoms with van der Waals surface area (Å²) in [6.07, 6.45) is -1.46. The second-order valence-corrected chi connectivity index (χ2v) is 6.21. The molecule has 0 radical (unpaired) electrons. The molecule has 3 nitrogen and oxygen atoms in total. The van der Waals surface area contributed by atoms with Gasteiger partial charge in [-0.3, -0.25) is 4.79 Å². The molecule has 1 heterocycles. The molecule has 0 amide bonds. The van der Waals surface area contributed by atoms with Gasteiger partial charge in [0.25, 0.3) is 0 Å². The van der Waals surface area contributed by atoms with Gasteiger partial charge in [0, 0.05) is 31.9 Å². The standard InChI is InChI=1S/C15H12ClF3N2OS/c1-21(2)8-7-11(22)12-13(16)20-14(23-12)9-3-5-10(6-4-9)15(17,18)19/h3-8H,1-2H3/b8-7+. The maximum absolute atomic E-state index is 12.6. The van der Waals surface area contributed by atoms with Crippen molar-refractivity contribution in [2.75, 3.05) is 14.1 Å². The molecule has 0 saturated heterocycles. The largest absolute Gasteiger partial charge is 0.416 e. The average Bonchev–Trinajstić information content (AvgIpc) is 2.86. The molecule has 0 fully saturated rings. The van der Waals surface area contributed by atoms with Gasteiger partial charge in [0.2, 0.25) is 0 Å². The van der Waals surface area contributed by atoms with Crippen LogP contribution in [0.4, 0.5) is 13.2 Å². The third-order valence-corrected chi connectivity index (χ3v) is 4.30. The van der Waals surface area contributed by atoms with Crippen LogP contribution in [0.5, 0.6) is 0 Å². The van der Waals surface area contributed by atoms with Crippen LogP contribution in [0.1, 0.15) is 15.2 Å². The van der Waals surface area contributed by atoms with Gasteiger partial charge in [-0.2, -0.15) is 13.2 Å². The molecule has 122 valence electrons. The van der Waals surface area contributed by atoms with Crippen molar-refractivity contribution in [1.82, 2.24) is 9.88 Å². The predicted molar refractivity (Wildman–Crippen MR) is 84.7 cm³/mol. The van der Waals surface area contributed by atoms with E-state index in [4.69, 9.17) is 11.6 Å². The Hall–Kier alpha value is -1.86. The normalized spacial score (nSPS) is 11.9. The van der Waals surface area contributed by atoms with Crippen LogP contribution in [0.3, 0.4) is 0 Å². The quantitative estimate of drug-likeness (QED) is 0.583. The molecular formula is C15H12ClF3N2OS. The molecule has 2 rings (SSSR count). The number of hydrogen-bond acceptors (Lipinski definition) is 4. The fraction of sp³-hybridized carbons (Fsp3) is 0.200. The highest BCUT2D eigenvalue weighted by molar-refractivity contribution is 7.17. The molecule has 1 aromatic heterocycles. The summed E-state index contributed by atoms with van der Waals surface area (Å²) in [6.45, 7) is 0. The van der Waals surface area contributed by atoms with Crippen molar-refractivity contribution in [3.63, 3.8) is 0 Å². The SMILES string of the molecule is CN(C)/C=C/C(=O)c1sc(-c2ccc(C(F)(F)F)cc2)nc1Cl. The number of aromatic nitrogens is 1. The molecular weight excluding hydrogens is 349 g/mol. The van der Waals surface area contributed by atoms with Crippen molar-refractivity contribution in [2.45, 2.75) is 6.18 Å². The van der Waals surface area contributed by atoms with Crippen LogP contribution in [0.25, 0.3) is 10.6 Å². The van der Waals surface area contributed by atoms with E-state index in [9.17, 15) is 18.0 Å². The number of nitrogens with zero attached hydrogens (tertiary/aromatic N) is 2. The number of ketones is 1. The number of thiazole rings is 1. The van der Waals surface area contributed by atoms with Gasteiger partial charge >= 0.3 is 6.18 Å². The first-order valence-corrected chi connectivity index (χ1v) is 7.61. The number of allylic oxidation sites excluding steroid dienone is 1. The van der Waals surface area contributed by atoms with Crippen molar-refractivity contribution in [3.05, 3.63) is 52.1 Å². The minimum absolute atomic E-state index is 0.0401. The van der Waals surface area contributed by atoms with Crippen molar-refractivity contribution in [2.24, 2.45) is 0 Å². The lowest BCUT2D eigenvalue weighted by Gasteiger charge is -2.06. The number of carbonyl (C=O) groups is 1. The lowest BCUT2D eigenvalue weighted by Crippen LogP contribution is -2.03. The molecule has 0 bridgehead atoms. The molecule has 2 aromatic rings. The zero-order valence-electron chi connectivity index (χ0n) is 12.2. The van der Waals surface area contributed by atoms with Crippen LogP contribution < -0.4 is 0 Å². The third kappa shape index (κ3) is 4.33. The number of benzene rings is 1. The summed E-state index contributed by atoms with van der Waals surface area (Å²) in [5.41, 5.74) is -0.269. The molecule has 0 saturated carbocycles. The van der Waals surface area contributed by atoms with E-state index < -0.39 is 11.7 Å². The molecule has 0 aliphatic heterocycles. The Bertz CT molecular complexity index is 736. The number of hydrogen-bond donors (Lipinski definition) is 0. The fourth-order valence-electron chi connectivity index (χ4n) is 1.67. The number of alkyl halides is 3. The maximum atomic E-state index is 12.6. The Labute approximate surface area is 140 Å². The molecule has 0 unspecified atom stereocenters. The van der Waals surface area contributed by atoms with Gasteiger partial charge in [-0.15, -0.1) is 11.3 Å². The van der Waals surface area contributed by atoms with Crippen molar-refractivity contribution >= 4 is 28.7 Å². The Morgan fingerprint density at radius 1 is 1.26 bits per heavy atom. The summed E-state index contributed by atoms with van der Waals surface area (Å²) in [5, 5.41) is 0.434. The lowest BCUT2D eigenvalue weighted by atomic mass is 10.1. The van der Waals surface area contributed by atoms with E-state index in [1.807, 2.05) is 0 Å². The Kier molecular flexibility index (Phi) is 5.11. The molecule has 8 heteroatoms. The van der Waals surface area contributed by atoms with Gasteiger partial charge in [0.1, 0.15) is 9.88 Å². The van der Waals surface area contributed by atoms with E-state index in [-0.39, 0.29) is 15.8 Å². The van der Waals surface area contributed by atoms with Gasteiger partial charge in [0.15, 0.2) is 10.9 Å². The van der Waals surface area contributed by atoms with Crippen LogP contribution in [0.2, 0.25) is 5.15 Å². The van der Waals surface area contributed by atoms with Crippen molar-refractivity contribution < 1.29 is 18.0 Å².